The number of nitrogens with one attached hydrogen (secondary N) is 3. The van der Waals surface area contributed by atoms with E-state index in [9.17, 15) is 13.6 Å². The van der Waals surface area contributed by atoms with Gasteiger partial charge in [-0.3, -0.25) is 4.57 Å². The maximum absolute atomic E-state index is 13.4. The molecule has 11 heteroatoms. The molecule has 2 aliphatic heterocycles. The molecule has 3 N–H and O–H groups in total. The number of alkyl halides is 2. The van der Waals surface area contributed by atoms with Gasteiger partial charge in [-0.1, -0.05) is 12.1 Å². The molecule has 5 rings (SSSR count). The number of aromatic amines is 1. The molecule has 29 heavy (non-hydrogen) atoms. The SMILES string of the molecule is O=c1[nH]c2cnc(NC[C@@H]3CCNC3)nc2n1Cc1cccc2c1OC(F)(F)O2. The van der Waals surface area contributed by atoms with Crippen molar-refractivity contribution in [1.29, 1.82) is 0 Å². The minimum Gasteiger partial charge on any atom is -0.395 e. The van der Waals surface area contributed by atoms with Crippen molar-refractivity contribution in [3.63, 3.8) is 0 Å². The second-order valence-electron chi connectivity index (χ2n) is 7.10. The number of hydrogen-bond acceptors (Lipinski definition) is 7. The van der Waals surface area contributed by atoms with Crippen LogP contribution in [0.2, 0.25) is 0 Å². The maximum atomic E-state index is 13.4. The van der Waals surface area contributed by atoms with E-state index >= 15 is 0 Å². The monoisotopic (exact) mass is 404 g/mol. The number of benzene rings is 1. The number of rotatable bonds is 5. The number of fused-ring (bicyclic) bond motifs is 2. The quantitative estimate of drug-likeness (QED) is 0.592. The highest BCUT2D eigenvalue weighted by atomic mass is 19.3. The van der Waals surface area contributed by atoms with Crippen LogP contribution in [0.15, 0.2) is 29.2 Å². The van der Waals surface area contributed by atoms with Gasteiger partial charge in [0, 0.05) is 12.1 Å². The average molecular weight is 404 g/mol. The molecule has 0 saturated carbocycles. The Bertz CT molecular complexity index is 1120. The molecule has 4 heterocycles. The average Bonchev–Trinajstić information content (AvgIpc) is 3.38. The fraction of sp³-hybridized carbons (Fsp3) is 0.389. The van der Waals surface area contributed by atoms with Gasteiger partial charge in [-0.15, -0.1) is 8.78 Å². The molecule has 0 bridgehead atoms. The molecule has 0 aliphatic carbocycles. The Morgan fingerprint density at radius 1 is 1.34 bits per heavy atom. The van der Waals surface area contributed by atoms with E-state index in [2.05, 4.69) is 35.1 Å². The van der Waals surface area contributed by atoms with Crippen molar-refractivity contribution >= 4 is 17.1 Å². The van der Waals surface area contributed by atoms with Gasteiger partial charge in [0.2, 0.25) is 5.95 Å². The number of halogens is 2. The highest BCUT2D eigenvalue weighted by molar-refractivity contribution is 5.71. The second-order valence-corrected chi connectivity index (χ2v) is 7.10. The van der Waals surface area contributed by atoms with Gasteiger partial charge in [-0.25, -0.2) is 9.78 Å². The molecule has 2 aliphatic rings. The van der Waals surface area contributed by atoms with Gasteiger partial charge in [-0.05, 0) is 31.5 Å². The minimum atomic E-state index is -3.72. The Balaban J connectivity index is 1.45. The summed E-state index contributed by atoms with van der Waals surface area (Å²) in [5.41, 5.74) is 0.793. The lowest BCUT2D eigenvalue weighted by Crippen LogP contribution is -2.26. The minimum absolute atomic E-state index is 0.00948. The summed E-state index contributed by atoms with van der Waals surface area (Å²) in [7, 11) is 0. The highest BCUT2D eigenvalue weighted by Crippen LogP contribution is 2.43. The zero-order chi connectivity index (χ0) is 20.0. The van der Waals surface area contributed by atoms with Crippen molar-refractivity contribution in [3.8, 4) is 11.5 Å². The number of anilines is 1. The first-order valence-electron chi connectivity index (χ1n) is 9.26. The zero-order valence-corrected chi connectivity index (χ0v) is 15.2. The van der Waals surface area contributed by atoms with Crippen LogP contribution in [-0.2, 0) is 6.54 Å². The van der Waals surface area contributed by atoms with Gasteiger partial charge >= 0.3 is 12.0 Å². The molecule has 1 fully saturated rings. The van der Waals surface area contributed by atoms with Crippen LogP contribution in [0.4, 0.5) is 14.7 Å². The lowest BCUT2D eigenvalue weighted by molar-refractivity contribution is -0.286. The Kier molecular flexibility index (Phi) is 4.12. The summed E-state index contributed by atoms with van der Waals surface area (Å²) >= 11 is 0. The summed E-state index contributed by atoms with van der Waals surface area (Å²) in [6.07, 6.45) is -1.12. The van der Waals surface area contributed by atoms with E-state index in [0.717, 1.165) is 26.1 Å². The first-order chi connectivity index (χ1) is 14.0. The van der Waals surface area contributed by atoms with Crippen molar-refractivity contribution < 1.29 is 18.3 Å². The van der Waals surface area contributed by atoms with Crippen molar-refractivity contribution in [1.82, 2.24) is 24.8 Å². The standard InChI is InChI=1S/C18H18F2N6O3/c19-18(20)28-13-3-1-2-11(14(13)29-18)9-26-15-12(24-17(26)27)8-23-16(25-15)22-7-10-4-5-21-6-10/h1-3,8,10,21H,4-7,9H2,(H,24,27)(H,22,23,25)/t10-/m1/s1. The summed E-state index contributed by atoms with van der Waals surface area (Å²) < 4.78 is 37.3. The molecular weight excluding hydrogens is 386 g/mol. The van der Waals surface area contributed by atoms with Gasteiger partial charge in [0.25, 0.3) is 0 Å². The number of H-pyrrole nitrogens is 1. The van der Waals surface area contributed by atoms with Crippen LogP contribution in [0.1, 0.15) is 12.0 Å². The highest BCUT2D eigenvalue weighted by Gasteiger charge is 2.44. The molecular formula is C18H18F2N6O3. The van der Waals surface area contributed by atoms with Crippen LogP contribution >= 0.6 is 0 Å². The van der Waals surface area contributed by atoms with Crippen molar-refractivity contribution in [2.75, 3.05) is 25.0 Å². The third kappa shape index (κ3) is 3.37. The molecule has 0 radical (unpaired) electrons. The fourth-order valence-corrected chi connectivity index (χ4v) is 3.62. The number of nitrogens with zero attached hydrogens (tertiary/aromatic N) is 3. The van der Waals surface area contributed by atoms with Crippen LogP contribution in [-0.4, -0.2) is 45.4 Å². The molecule has 3 aromatic rings. The van der Waals surface area contributed by atoms with E-state index < -0.39 is 12.0 Å². The van der Waals surface area contributed by atoms with Crippen molar-refractivity contribution in [3.05, 3.63) is 40.4 Å². The topological polar surface area (TPSA) is 106 Å². The van der Waals surface area contributed by atoms with Crippen LogP contribution in [0.25, 0.3) is 11.2 Å². The molecule has 1 atom stereocenters. The lowest BCUT2D eigenvalue weighted by atomic mass is 10.1. The molecule has 2 aromatic heterocycles. The van der Waals surface area contributed by atoms with Crippen LogP contribution < -0.4 is 25.8 Å². The molecule has 0 spiro atoms. The third-order valence-electron chi connectivity index (χ3n) is 5.06. The molecule has 9 nitrogen and oxygen atoms in total. The molecule has 0 unspecified atom stereocenters. The predicted molar refractivity (Wildman–Crippen MR) is 99.4 cm³/mol. The van der Waals surface area contributed by atoms with Gasteiger partial charge in [0.1, 0.15) is 5.52 Å². The Morgan fingerprint density at radius 3 is 3.07 bits per heavy atom. The van der Waals surface area contributed by atoms with Gasteiger partial charge in [0.15, 0.2) is 17.1 Å². The smallest absolute Gasteiger partial charge is 0.395 e. The van der Waals surface area contributed by atoms with Gasteiger partial charge in [-0.2, -0.15) is 4.98 Å². The lowest BCUT2D eigenvalue weighted by Gasteiger charge is -2.10. The van der Waals surface area contributed by atoms with Crippen LogP contribution in [0, 0.1) is 5.92 Å². The van der Waals surface area contributed by atoms with E-state index in [1.807, 2.05) is 0 Å². The largest absolute Gasteiger partial charge is 0.586 e. The number of hydrogen-bond donors (Lipinski definition) is 3. The summed E-state index contributed by atoms with van der Waals surface area (Å²) in [6.45, 7) is 2.65. The number of ether oxygens (including phenoxy) is 2. The predicted octanol–water partition coefficient (Wildman–Crippen LogP) is 1.51. The third-order valence-corrected chi connectivity index (χ3v) is 5.06. The number of para-hydroxylation sites is 1. The first kappa shape index (κ1) is 17.9. The van der Waals surface area contributed by atoms with Crippen molar-refractivity contribution in [2.24, 2.45) is 5.92 Å². The summed E-state index contributed by atoms with van der Waals surface area (Å²) in [4.78, 5) is 23.8. The van der Waals surface area contributed by atoms with E-state index in [4.69, 9.17) is 0 Å². The summed E-state index contributed by atoms with van der Waals surface area (Å²) in [5.74, 6) is 0.748. The zero-order valence-electron chi connectivity index (χ0n) is 15.2. The molecule has 1 saturated heterocycles. The van der Waals surface area contributed by atoms with Crippen LogP contribution in [0.5, 0.6) is 11.5 Å². The van der Waals surface area contributed by atoms with Crippen molar-refractivity contribution in [2.45, 2.75) is 19.3 Å². The first-order valence-corrected chi connectivity index (χ1v) is 9.26. The van der Waals surface area contributed by atoms with E-state index in [1.165, 1.54) is 16.8 Å². The normalized spacial score (nSPS) is 19.7. The number of aromatic nitrogens is 4. The summed E-state index contributed by atoms with van der Waals surface area (Å²) in [5, 5.41) is 6.49. The Morgan fingerprint density at radius 2 is 2.24 bits per heavy atom. The second kappa shape index (κ2) is 6.69. The molecule has 0 amide bonds. The Labute approximate surface area is 163 Å². The fourth-order valence-electron chi connectivity index (χ4n) is 3.62. The Hall–Kier alpha value is -3.21. The van der Waals surface area contributed by atoms with Gasteiger partial charge in [0.05, 0.1) is 12.7 Å². The maximum Gasteiger partial charge on any atom is 0.586 e. The van der Waals surface area contributed by atoms with E-state index in [-0.39, 0.29) is 18.0 Å². The molecule has 1 aromatic carbocycles. The van der Waals surface area contributed by atoms with Gasteiger partial charge < -0.3 is 25.1 Å². The van der Waals surface area contributed by atoms with Crippen LogP contribution in [0.3, 0.4) is 0 Å². The summed E-state index contributed by atoms with van der Waals surface area (Å²) in [6, 6.07) is 4.55. The van der Waals surface area contributed by atoms with E-state index in [1.54, 1.807) is 12.1 Å². The molecule has 152 valence electrons. The number of imidazole rings is 1. The van der Waals surface area contributed by atoms with E-state index in [0.29, 0.717) is 28.6 Å².